The highest BCUT2D eigenvalue weighted by atomic mass is 127. The summed E-state index contributed by atoms with van der Waals surface area (Å²) in [5.41, 5.74) is 4.36. The fraction of sp³-hybridized carbons (Fsp3) is 0.375. The molecule has 0 spiro atoms. The van der Waals surface area contributed by atoms with Gasteiger partial charge in [-0.1, -0.05) is 24.3 Å². The third-order valence-electron chi connectivity index (χ3n) is 4.85. The van der Waals surface area contributed by atoms with E-state index in [4.69, 9.17) is 4.99 Å². The molecule has 3 aromatic rings. The topological polar surface area (TPSA) is 79.2 Å². The minimum Gasteiger partial charge on any atom is -0.370 e. The van der Waals surface area contributed by atoms with E-state index in [0.29, 0.717) is 6.54 Å². The minimum absolute atomic E-state index is 0. The highest BCUT2D eigenvalue weighted by Crippen LogP contribution is 2.17. The van der Waals surface area contributed by atoms with Gasteiger partial charge in [-0.25, -0.2) is 14.7 Å². The quantitative estimate of drug-likeness (QED) is 0.151. The molecule has 0 radical (unpaired) electrons. The van der Waals surface area contributed by atoms with Crippen LogP contribution in [0.25, 0.3) is 5.69 Å². The Morgan fingerprint density at radius 2 is 1.78 bits per heavy atom. The third kappa shape index (κ3) is 7.81. The maximum Gasteiger partial charge on any atom is 0.191 e. The number of aryl methyl sites for hydroxylation is 2. The molecule has 7 nitrogen and oxygen atoms in total. The summed E-state index contributed by atoms with van der Waals surface area (Å²) < 4.78 is 2.00. The van der Waals surface area contributed by atoms with E-state index in [-0.39, 0.29) is 24.0 Å². The number of nitrogens with one attached hydrogen (secondary N) is 3. The first-order chi connectivity index (χ1) is 15.2. The Balaban J connectivity index is 0.00000363. The maximum absolute atomic E-state index is 4.80. The number of benzene rings is 1. The van der Waals surface area contributed by atoms with Crippen LogP contribution in [0.1, 0.15) is 36.7 Å². The van der Waals surface area contributed by atoms with E-state index >= 15 is 0 Å². The van der Waals surface area contributed by atoms with Crippen LogP contribution >= 0.6 is 24.0 Å². The molecule has 0 bridgehead atoms. The highest BCUT2D eigenvalue weighted by Gasteiger charge is 2.08. The van der Waals surface area contributed by atoms with Crippen molar-refractivity contribution in [3.8, 4) is 5.69 Å². The summed E-state index contributed by atoms with van der Waals surface area (Å²) in [4.78, 5) is 9.08. The summed E-state index contributed by atoms with van der Waals surface area (Å²) in [5, 5.41) is 14.7. The number of pyridine rings is 1. The van der Waals surface area contributed by atoms with Crippen LogP contribution < -0.4 is 16.0 Å². The molecule has 32 heavy (non-hydrogen) atoms. The SMILES string of the molecule is CCNC(=NCc1ccccc1-n1nc(C)cc1C)NCCCCNc1ccccn1.I. The van der Waals surface area contributed by atoms with Gasteiger partial charge in [0.1, 0.15) is 5.82 Å². The Morgan fingerprint density at radius 1 is 1.00 bits per heavy atom. The van der Waals surface area contributed by atoms with Crippen LogP contribution in [0.5, 0.6) is 0 Å². The van der Waals surface area contributed by atoms with Crippen LogP contribution in [0.3, 0.4) is 0 Å². The summed E-state index contributed by atoms with van der Waals surface area (Å²) in [5.74, 6) is 1.76. The molecule has 0 saturated heterocycles. The Hall–Kier alpha value is -2.62. The zero-order valence-corrected chi connectivity index (χ0v) is 21.5. The molecule has 2 heterocycles. The smallest absolute Gasteiger partial charge is 0.191 e. The number of halogens is 1. The van der Waals surface area contributed by atoms with Gasteiger partial charge in [-0.05, 0) is 63.4 Å². The first kappa shape index (κ1) is 25.6. The van der Waals surface area contributed by atoms with Gasteiger partial charge in [0.15, 0.2) is 5.96 Å². The van der Waals surface area contributed by atoms with Gasteiger partial charge < -0.3 is 16.0 Å². The van der Waals surface area contributed by atoms with E-state index in [1.807, 2.05) is 35.9 Å². The van der Waals surface area contributed by atoms with E-state index < -0.39 is 0 Å². The first-order valence-electron chi connectivity index (χ1n) is 11.0. The number of aromatic nitrogens is 3. The number of anilines is 1. The summed E-state index contributed by atoms with van der Waals surface area (Å²) >= 11 is 0. The van der Waals surface area contributed by atoms with Crippen molar-refractivity contribution in [2.75, 3.05) is 25.0 Å². The van der Waals surface area contributed by atoms with Gasteiger partial charge in [0, 0.05) is 31.5 Å². The third-order valence-corrected chi connectivity index (χ3v) is 4.85. The average molecular weight is 547 g/mol. The Morgan fingerprint density at radius 3 is 2.50 bits per heavy atom. The van der Waals surface area contributed by atoms with Crippen LogP contribution in [-0.2, 0) is 6.54 Å². The van der Waals surface area contributed by atoms with E-state index in [1.54, 1.807) is 6.20 Å². The summed E-state index contributed by atoms with van der Waals surface area (Å²) in [6.45, 7) is 9.37. The van der Waals surface area contributed by atoms with Crippen molar-refractivity contribution >= 4 is 35.8 Å². The zero-order valence-electron chi connectivity index (χ0n) is 19.1. The molecule has 0 fully saturated rings. The van der Waals surface area contributed by atoms with Crippen LogP contribution in [-0.4, -0.2) is 40.4 Å². The Kier molecular flexibility index (Phi) is 11.0. The molecule has 3 rings (SSSR count). The molecule has 3 N–H and O–H groups in total. The van der Waals surface area contributed by atoms with Crippen molar-refractivity contribution in [2.24, 2.45) is 4.99 Å². The fourth-order valence-corrected chi connectivity index (χ4v) is 3.37. The monoisotopic (exact) mass is 547 g/mol. The van der Waals surface area contributed by atoms with Crippen molar-refractivity contribution < 1.29 is 0 Å². The van der Waals surface area contributed by atoms with E-state index in [2.05, 4.69) is 64.1 Å². The molecule has 1 aromatic carbocycles. The van der Waals surface area contributed by atoms with Crippen molar-refractivity contribution in [1.29, 1.82) is 0 Å². The molecule has 0 atom stereocenters. The molecule has 2 aromatic heterocycles. The number of hydrogen-bond acceptors (Lipinski definition) is 4. The molecule has 0 unspecified atom stereocenters. The molecule has 172 valence electrons. The van der Waals surface area contributed by atoms with Gasteiger partial charge >= 0.3 is 0 Å². The van der Waals surface area contributed by atoms with Crippen molar-refractivity contribution in [3.63, 3.8) is 0 Å². The Bertz CT molecular complexity index is 969. The van der Waals surface area contributed by atoms with Crippen LogP contribution in [0, 0.1) is 13.8 Å². The predicted octanol–water partition coefficient (Wildman–Crippen LogP) is 4.45. The number of hydrogen-bond donors (Lipinski definition) is 3. The number of para-hydroxylation sites is 1. The molecular formula is C24H34IN7. The van der Waals surface area contributed by atoms with Crippen molar-refractivity contribution in [3.05, 3.63) is 71.7 Å². The van der Waals surface area contributed by atoms with Crippen LogP contribution in [0.15, 0.2) is 59.7 Å². The largest absolute Gasteiger partial charge is 0.370 e. The molecule has 0 aliphatic rings. The van der Waals surface area contributed by atoms with Crippen LogP contribution in [0.2, 0.25) is 0 Å². The van der Waals surface area contributed by atoms with Gasteiger partial charge in [0.2, 0.25) is 0 Å². The van der Waals surface area contributed by atoms with E-state index in [9.17, 15) is 0 Å². The number of rotatable bonds is 10. The van der Waals surface area contributed by atoms with Crippen molar-refractivity contribution in [1.82, 2.24) is 25.4 Å². The lowest BCUT2D eigenvalue weighted by Gasteiger charge is -2.13. The number of guanidine groups is 1. The van der Waals surface area contributed by atoms with Gasteiger partial charge in [-0.15, -0.1) is 24.0 Å². The summed E-state index contributed by atoms with van der Waals surface area (Å²) in [6.07, 6.45) is 3.91. The molecule has 0 saturated carbocycles. The standard InChI is InChI=1S/C24H33N7.HI/c1-4-25-24(28-16-10-9-15-27-23-13-7-8-14-26-23)29-18-21-11-5-6-12-22(21)31-20(3)17-19(2)30-31;/h5-8,11-14,17H,4,9-10,15-16,18H2,1-3H3,(H,26,27)(H2,25,28,29);1H. The molecular weight excluding hydrogens is 513 g/mol. The number of unbranched alkanes of at least 4 members (excludes halogenated alkanes) is 1. The zero-order chi connectivity index (χ0) is 21.9. The second-order valence-electron chi connectivity index (χ2n) is 7.44. The lowest BCUT2D eigenvalue weighted by Crippen LogP contribution is -2.37. The average Bonchev–Trinajstić information content (AvgIpc) is 3.13. The molecule has 0 aliphatic heterocycles. The normalized spacial score (nSPS) is 11.0. The maximum atomic E-state index is 4.80. The van der Waals surface area contributed by atoms with Crippen molar-refractivity contribution in [2.45, 2.75) is 40.2 Å². The van der Waals surface area contributed by atoms with Gasteiger partial charge in [0.05, 0.1) is 17.9 Å². The van der Waals surface area contributed by atoms with Gasteiger partial charge in [-0.3, -0.25) is 0 Å². The summed E-state index contributed by atoms with van der Waals surface area (Å²) in [7, 11) is 0. The molecule has 0 amide bonds. The fourth-order valence-electron chi connectivity index (χ4n) is 3.37. The van der Waals surface area contributed by atoms with E-state index in [1.165, 1.54) is 0 Å². The molecule has 0 aliphatic carbocycles. The molecule has 8 heteroatoms. The van der Waals surface area contributed by atoms with Gasteiger partial charge in [-0.2, -0.15) is 5.10 Å². The minimum atomic E-state index is 0. The predicted molar refractivity (Wildman–Crippen MR) is 143 cm³/mol. The Labute approximate surface area is 208 Å². The highest BCUT2D eigenvalue weighted by molar-refractivity contribution is 14.0. The first-order valence-corrected chi connectivity index (χ1v) is 11.0. The van der Waals surface area contributed by atoms with Gasteiger partial charge in [0.25, 0.3) is 0 Å². The number of aliphatic imine (C=N–C) groups is 1. The van der Waals surface area contributed by atoms with Crippen LogP contribution in [0.4, 0.5) is 5.82 Å². The lowest BCUT2D eigenvalue weighted by molar-refractivity contribution is 0.711. The number of nitrogens with zero attached hydrogens (tertiary/aromatic N) is 4. The summed E-state index contributed by atoms with van der Waals surface area (Å²) in [6, 6.07) is 16.3. The lowest BCUT2D eigenvalue weighted by atomic mass is 10.2. The second-order valence-corrected chi connectivity index (χ2v) is 7.44. The second kappa shape index (κ2) is 13.7. The van der Waals surface area contributed by atoms with E-state index in [0.717, 1.165) is 66.9 Å².